The highest BCUT2D eigenvalue weighted by molar-refractivity contribution is 5.91. The molecular formula is C19H28N2O4. The average molecular weight is 348 g/mol. The topological polar surface area (TPSA) is 95.5 Å². The second-order valence-electron chi connectivity index (χ2n) is 6.49. The number of aliphatic carboxylic acids is 1. The van der Waals surface area contributed by atoms with E-state index in [2.05, 4.69) is 10.6 Å². The average Bonchev–Trinajstić information content (AvgIpc) is 2.56. The fourth-order valence-electron chi connectivity index (χ4n) is 2.47. The Hall–Kier alpha value is -2.37. The van der Waals surface area contributed by atoms with Crippen molar-refractivity contribution in [1.29, 1.82) is 0 Å². The number of hydrogen-bond donors (Lipinski definition) is 3. The third-order valence-electron chi connectivity index (χ3n) is 3.93. The maximum Gasteiger partial charge on any atom is 0.326 e. The fraction of sp³-hybridized carbons (Fsp3) is 0.526. The molecule has 0 saturated heterocycles. The van der Waals surface area contributed by atoms with Crippen LogP contribution in [0.3, 0.4) is 0 Å². The number of amides is 2. The molecule has 0 heterocycles. The molecule has 2 atom stereocenters. The van der Waals surface area contributed by atoms with Gasteiger partial charge < -0.3 is 15.7 Å². The summed E-state index contributed by atoms with van der Waals surface area (Å²) < 4.78 is 0. The lowest BCUT2D eigenvalue weighted by atomic mass is 10.0. The SMILES string of the molecule is CCCCC(NC(=O)C(NC(=O)Cc1ccccc1)C(C)C)C(=O)O. The van der Waals surface area contributed by atoms with Crippen molar-refractivity contribution in [1.82, 2.24) is 10.6 Å². The summed E-state index contributed by atoms with van der Waals surface area (Å²) in [4.78, 5) is 36.0. The molecule has 0 bridgehead atoms. The molecule has 138 valence electrons. The van der Waals surface area contributed by atoms with Gasteiger partial charge >= 0.3 is 5.97 Å². The lowest BCUT2D eigenvalue weighted by molar-refractivity contribution is -0.142. The van der Waals surface area contributed by atoms with E-state index >= 15 is 0 Å². The molecule has 2 amide bonds. The van der Waals surface area contributed by atoms with Crippen molar-refractivity contribution in [3.63, 3.8) is 0 Å². The van der Waals surface area contributed by atoms with Crippen LogP contribution < -0.4 is 10.6 Å². The summed E-state index contributed by atoms with van der Waals surface area (Å²) in [6, 6.07) is 7.55. The molecule has 0 radical (unpaired) electrons. The van der Waals surface area contributed by atoms with E-state index in [0.29, 0.717) is 12.8 Å². The van der Waals surface area contributed by atoms with Crippen LogP contribution in [0.2, 0.25) is 0 Å². The second-order valence-corrected chi connectivity index (χ2v) is 6.49. The van der Waals surface area contributed by atoms with Gasteiger partial charge in [-0.3, -0.25) is 9.59 Å². The van der Waals surface area contributed by atoms with Gasteiger partial charge in [-0.2, -0.15) is 0 Å². The number of carboxylic acid groups (broad SMARTS) is 1. The standard InChI is InChI=1S/C19H28N2O4/c1-4-5-11-15(19(24)25)20-18(23)17(13(2)3)21-16(22)12-14-9-7-6-8-10-14/h6-10,13,15,17H,4-5,11-12H2,1-3H3,(H,20,23)(H,21,22)(H,24,25). The molecule has 0 aliphatic rings. The van der Waals surface area contributed by atoms with E-state index in [-0.39, 0.29) is 18.2 Å². The Morgan fingerprint density at radius 3 is 2.24 bits per heavy atom. The van der Waals surface area contributed by atoms with Crippen molar-refractivity contribution < 1.29 is 19.5 Å². The lowest BCUT2D eigenvalue weighted by Gasteiger charge is -2.24. The minimum absolute atomic E-state index is 0.152. The van der Waals surface area contributed by atoms with Crippen molar-refractivity contribution in [3.05, 3.63) is 35.9 Å². The Balaban J connectivity index is 2.69. The van der Waals surface area contributed by atoms with Crippen LogP contribution in [0.25, 0.3) is 0 Å². The molecule has 1 aromatic rings. The monoisotopic (exact) mass is 348 g/mol. The van der Waals surface area contributed by atoms with Gasteiger partial charge in [0.25, 0.3) is 0 Å². The highest BCUT2D eigenvalue weighted by Gasteiger charge is 2.28. The first-order valence-electron chi connectivity index (χ1n) is 8.71. The van der Waals surface area contributed by atoms with Gasteiger partial charge in [0, 0.05) is 0 Å². The van der Waals surface area contributed by atoms with Gasteiger partial charge in [0.2, 0.25) is 11.8 Å². The molecule has 0 aromatic heterocycles. The van der Waals surface area contributed by atoms with E-state index in [4.69, 9.17) is 0 Å². The highest BCUT2D eigenvalue weighted by Crippen LogP contribution is 2.07. The van der Waals surface area contributed by atoms with Crippen molar-refractivity contribution in [3.8, 4) is 0 Å². The lowest BCUT2D eigenvalue weighted by Crippen LogP contribution is -2.53. The fourth-order valence-corrected chi connectivity index (χ4v) is 2.47. The number of carbonyl (C=O) groups is 3. The molecule has 6 nitrogen and oxygen atoms in total. The number of nitrogens with one attached hydrogen (secondary N) is 2. The van der Waals surface area contributed by atoms with Gasteiger partial charge in [-0.05, 0) is 17.9 Å². The van der Waals surface area contributed by atoms with Crippen LogP contribution in [-0.2, 0) is 20.8 Å². The smallest absolute Gasteiger partial charge is 0.326 e. The second kappa shape index (κ2) is 10.5. The van der Waals surface area contributed by atoms with Crippen LogP contribution in [0.15, 0.2) is 30.3 Å². The van der Waals surface area contributed by atoms with E-state index in [9.17, 15) is 19.5 Å². The van der Waals surface area contributed by atoms with Crippen molar-refractivity contribution in [2.45, 2.75) is 58.5 Å². The van der Waals surface area contributed by atoms with Gasteiger partial charge in [-0.15, -0.1) is 0 Å². The molecule has 0 spiro atoms. The molecule has 3 N–H and O–H groups in total. The summed E-state index contributed by atoms with van der Waals surface area (Å²) in [7, 11) is 0. The van der Waals surface area contributed by atoms with Crippen LogP contribution in [0.5, 0.6) is 0 Å². The zero-order chi connectivity index (χ0) is 18.8. The summed E-state index contributed by atoms with van der Waals surface area (Å²) in [6.45, 7) is 5.59. The quantitative estimate of drug-likeness (QED) is 0.603. The van der Waals surface area contributed by atoms with Crippen LogP contribution in [0.1, 0.15) is 45.6 Å². The Kier molecular flexibility index (Phi) is 8.67. The van der Waals surface area contributed by atoms with Gasteiger partial charge in [0.15, 0.2) is 0 Å². The predicted molar refractivity (Wildman–Crippen MR) is 96.0 cm³/mol. The molecule has 25 heavy (non-hydrogen) atoms. The first-order valence-corrected chi connectivity index (χ1v) is 8.71. The molecule has 2 unspecified atom stereocenters. The molecular weight excluding hydrogens is 320 g/mol. The van der Waals surface area contributed by atoms with Crippen molar-refractivity contribution in [2.24, 2.45) is 5.92 Å². The minimum atomic E-state index is -1.06. The number of carboxylic acids is 1. The summed E-state index contributed by atoms with van der Waals surface area (Å²) in [5.41, 5.74) is 0.856. The molecule has 0 aliphatic carbocycles. The maximum absolute atomic E-state index is 12.5. The maximum atomic E-state index is 12.5. The molecule has 1 rings (SSSR count). The van der Waals surface area contributed by atoms with Crippen LogP contribution in [-0.4, -0.2) is 35.0 Å². The zero-order valence-electron chi connectivity index (χ0n) is 15.1. The molecule has 0 aliphatic heterocycles. The number of rotatable bonds is 10. The molecule has 0 fully saturated rings. The molecule has 0 saturated carbocycles. The zero-order valence-corrected chi connectivity index (χ0v) is 15.1. The van der Waals surface area contributed by atoms with E-state index in [1.807, 2.05) is 51.1 Å². The van der Waals surface area contributed by atoms with Gasteiger partial charge in [0.1, 0.15) is 12.1 Å². The van der Waals surface area contributed by atoms with E-state index in [0.717, 1.165) is 12.0 Å². The summed E-state index contributed by atoms with van der Waals surface area (Å²) >= 11 is 0. The minimum Gasteiger partial charge on any atom is -0.480 e. The van der Waals surface area contributed by atoms with E-state index < -0.39 is 24.0 Å². The Morgan fingerprint density at radius 2 is 1.72 bits per heavy atom. The number of hydrogen-bond acceptors (Lipinski definition) is 3. The Morgan fingerprint density at radius 1 is 1.08 bits per heavy atom. The summed E-state index contributed by atoms with van der Waals surface area (Å²) in [5, 5.41) is 14.5. The van der Waals surface area contributed by atoms with Gasteiger partial charge in [-0.25, -0.2) is 4.79 Å². The number of benzene rings is 1. The number of unbranched alkanes of at least 4 members (excludes halogenated alkanes) is 1. The Bertz CT molecular complexity index is 572. The van der Waals surface area contributed by atoms with Gasteiger partial charge in [-0.1, -0.05) is 63.9 Å². The molecule has 1 aromatic carbocycles. The van der Waals surface area contributed by atoms with E-state index in [1.54, 1.807) is 0 Å². The molecule has 6 heteroatoms. The van der Waals surface area contributed by atoms with Crippen LogP contribution in [0, 0.1) is 5.92 Å². The first kappa shape index (κ1) is 20.7. The summed E-state index contributed by atoms with van der Waals surface area (Å²) in [6.07, 6.45) is 2.11. The number of carbonyl (C=O) groups excluding carboxylic acids is 2. The largest absolute Gasteiger partial charge is 0.480 e. The Labute approximate surface area is 149 Å². The first-order chi connectivity index (χ1) is 11.8. The van der Waals surface area contributed by atoms with Crippen LogP contribution >= 0.6 is 0 Å². The van der Waals surface area contributed by atoms with Crippen molar-refractivity contribution in [2.75, 3.05) is 0 Å². The highest BCUT2D eigenvalue weighted by atomic mass is 16.4. The van der Waals surface area contributed by atoms with Gasteiger partial charge in [0.05, 0.1) is 6.42 Å². The van der Waals surface area contributed by atoms with Crippen LogP contribution in [0.4, 0.5) is 0 Å². The summed E-state index contributed by atoms with van der Waals surface area (Å²) in [5.74, 6) is -1.93. The normalized spacial score (nSPS) is 13.1. The van der Waals surface area contributed by atoms with Crippen molar-refractivity contribution >= 4 is 17.8 Å². The third-order valence-corrected chi connectivity index (χ3v) is 3.93. The van der Waals surface area contributed by atoms with E-state index in [1.165, 1.54) is 0 Å². The third kappa shape index (κ3) is 7.37. The predicted octanol–water partition coefficient (Wildman–Crippen LogP) is 2.13.